The molecule has 0 fully saturated rings. The van der Waals surface area contributed by atoms with Crippen molar-refractivity contribution in [2.75, 3.05) is 0 Å². The molecule has 0 saturated carbocycles. The number of alkyl halides is 3. The van der Waals surface area contributed by atoms with E-state index in [1.165, 1.54) is 11.7 Å². The monoisotopic (exact) mass is 323 g/mol. The molecule has 0 saturated heterocycles. The van der Waals surface area contributed by atoms with E-state index in [4.69, 9.17) is 16.7 Å². The van der Waals surface area contributed by atoms with Crippen LogP contribution in [0.2, 0.25) is 5.15 Å². The largest absolute Gasteiger partial charge is 0.476 e. The standard InChI is InChI=1S/C10H9ClF3N5O2/c1-4-5(8(11)18(2)16-4)3-19-7(10(12,13)14)6(9(20)21)15-17-19/h3H2,1-2H3,(H,20,21). The lowest BCUT2D eigenvalue weighted by Crippen LogP contribution is -2.19. The van der Waals surface area contributed by atoms with Gasteiger partial charge < -0.3 is 5.11 Å². The molecule has 0 atom stereocenters. The number of hydrogen-bond donors (Lipinski definition) is 1. The smallest absolute Gasteiger partial charge is 0.435 e. The first-order valence-corrected chi connectivity index (χ1v) is 5.92. The Morgan fingerprint density at radius 2 is 2.05 bits per heavy atom. The number of aryl methyl sites for hydroxylation is 2. The summed E-state index contributed by atoms with van der Waals surface area (Å²) in [5, 5.41) is 19.2. The minimum absolute atomic E-state index is 0.146. The molecule has 0 bridgehead atoms. The van der Waals surface area contributed by atoms with Crippen molar-refractivity contribution in [3.05, 3.63) is 27.8 Å². The third kappa shape index (κ3) is 2.71. The average Bonchev–Trinajstić information content (AvgIpc) is 2.86. The van der Waals surface area contributed by atoms with E-state index in [9.17, 15) is 18.0 Å². The average molecular weight is 324 g/mol. The van der Waals surface area contributed by atoms with Crippen molar-refractivity contribution < 1.29 is 23.1 Å². The molecule has 0 unspecified atom stereocenters. The van der Waals surface area contributed by atoms with Gasteiger partial charge in [0.25, 0.3) is 0 Å². The number of carboxylic acid groups (broad SMARTS) is 1. The van der Waals surface area contributed by atoms with E-state index < -0.39 is 23.5 Å². The third-order valence-electron chi connectivity index (χ3n) is 2.78. The molecule has 0 aliphatic heterocycles. The SMILES string of the molecule is Cc1nn(C)c(Cl)c1Cn1nnc(C(=O)O)c1C(F)(F)F. The molecule has 0 aliphatic rings. The Bertz CT molecular complexity index is 706. The van der Waals surface area contributed by atoms with Gasteiger partial charge in [0.05, 0.1) is 12.2 Å². The number of halogens is 4. The Kier molecular flexibility index (Phi) is 3.66. The molecule has 2 heterocycles. The lowest BCUT2D eigenvalue weighted by Gasteiger charge is -2.10. The molecule has 7 nitrogen and oxygen atoms in total. The number of nitrogens with zero attached hydrogens (tertiary/aromatic N) is 5. The first kappa shape index (κ1) is 15.3. The molecule has 0 spiro atoms. The molecule has 0 aromatic carbocycles. The van der Waals surface area contributed by atoms with Crippen molar-refractivity contribution in [2.24, 2.45) is 7.05 Å². The molecule has 114 valence electrons. The summed E-state index contributed by atoms with van der Waals surface area (Å²) in [5.74, 6) is -1.80. The van der Waals surface area contributed by atoms with Gasteiger partial charge in [-0.05, 0) is 6.92 Å². The number of hydrogen-bond acceptors (Lipinski definition) is 4. The minimum Gasteiger partial charge on any atom is -0.476 e. The summed E-state index contributed by atoms with van der Waals surface area (Å²) in [6.07, 6.45) is -4.90. The molecule has 2 rings (SSSR count). The predicted molar refractivity (Wildman–Crippen MR) is 64.0 cm³/mol. The van der Waals surface area contributed by atoms with Crippen LogP contribution in [0.5, 0.6) is 0 Å². The van der Waals surface area contributed by atoms with Gasteiger partial charge >= 0.3 is 12.1 Å². The molecular formula is C10H9ClF3N5O2. The molecule has 2 aromatic rings. The van der Waals surface area contributed by atoms with Crippen molar-refractivity contribution in [1.82, 2.24) is 24.8 Å². The summed E-state index contributed by atoms with van der Waals surface area (Å²) in [6, 6.07) is 0. The summed E-state index contributed by atoms with van der Waals surface area (Å²) >= 11 is 5.94. The van der Waals surface area contributed by atoms with E-state index in [0.29, 0.717) is 15.9 Å². The zero-order chi connectivity index (χ0) is 15.9. The van der Waals surface area contributed by atoms with Crippen LogP contribution in [-0.4, -0.2) is 35.9 Å². The number of aromatic carboxylic acids is 1. The zero-order valence-electron chi connectivity index (χ0n) is 10.8. The van der Waals surface area contributed by atoms with Crippen LogP contribution in [0.25, 0.3) is 0 Å². The second kappa shape index (κ2) is 5.02. The number of rotatable bonds is 3. The highest BCUT2D eigenvalue weighted by Crippen LogP contribution is 2.32. The van der Waals surface area contributed by atoms with Gasteiger partial charge in [-0.1, -0.05) is 16.8 Å². The van der Waals surface area contributed by atoms with Crippen molar-refractivity contribution in [3.63, 3.8) is 0 Å². The molecule has 11 heteroatoms. The lowest BCUT2D eigenvalue weighted by molar-refractivity contribution is -0.144. The summed E-state index contributed by atoms with van der Waals surface area (Å²) < 4.78 is 40.7. The van der Waals surface area contributed by atoms with Crippen LogP contribution in [-0.2, 0) is 19.8 Å². The maximum absolute atomic E-state index is 13.0. The summed E-state index contributed by atoms with van der Waals surface area (Å²) in [5.41, 5.74) is -1.86. The Hall–Kier alpha value is -2.10. The van der Waals surface area contributed by atoms with Gasteiger partial charge in [-0.25, -0.2) is 9.48 Å². The van der Waals surface area contributed by atoms with Crippen molar-refractivity contribution >= 4 is 17.6 Å². The second-order valence-corrected chi connectivity index (χ2v) is 4.58. The maximum Gasteiger partial charge on any atom is 0.435 e. The summed E-state index contributed by atoms with van der Waals surface area (Å²) in [4.78, 5) is 10.8. The zero-order valence-corrected chi connectivity index (χ0v) is 11.6. The van der Waals surface area contributed by atoms with E-state index in [1.54, 1.807) is 6.92 Å². The van der Waals surface area contributed by atoms with E-state index in [-0.39, 0.29) is 11.7 Å². The minimum atomic E-state index is -4.90. The van der Waals surface area contributed by atoms with Crippen LogP contribution in [0.3, 0.4) is 0 Å². The topological polar surface area (TPSA) is 85.8 Å². The van der Waals surface area contributed by atoms with E-state index >= 15 is 0 Å². The highest BCUT2D eigenvalue weighted by atomic mass is 35.5. The van der Waals surface area contributed by atoms with Crippen LogP contribution in [0.15, 0.2) is 0 Å². The van der Waals surface area contributed by atoms with Gasteiger partial charge in [-0.3, -0.25) is 4.68 Å². The molecule has 1 N–H and O–H groups in total. The van der Waals surface area contributed by atoms with Gasteiger partial charge in [0.1, 0.15) is 5.15 Å². The fourth-order valence-corrected chi connectivity index (χ4v) is 2.09. The fraction of sp³-hybridized carbons (Fsp3) is 0.400. The van der Waals surface area contributed by atoms with Crippen molar-refractivity contribution in [2.45, 2.75) is 19.6 Å². The van der Waals surface area contributed by atoms with Gasteiger partial charge in [-0.2, -0.15) is 18.3 Å². The first-order chi connectivity index (χ1) is 9.62. The van der Waals surface area contributed by atoms with Crippen molar-refractivity contribution in [1.29, 1.82) is 0 Å². The maximum atomic E-state index is 13.0. The normalized spacial score (nSPS) is 11.9. The number of carboxylic acids is 1. The molecule has 2 aromatic heterocycles. The predicted octanol–water partition coefficient (Wildman–Crippen LogP) is 1.74. The van der Waals surface area contributed by atoms with Crippen LogP contribution in [0.1, 0.15) is 27.4 Å². The van der Waals surface area contributed by atoms with Gasteiger partial charge in [0.15, 0.2) is 5.69 Å². The highest BCUT2D eigenvalue weighted by molar-refractivity contribution is 6.30. The molecule has 0 radical (unpaired) electrons. The first-order valence-electron chi connectivity index (χ1n) is 5.55. The van der Waals surface area contributed by atoms with Crippen LogP contribution < -0.4 is 0 Å². The summed E-state index contributed by atoms with van der Waals surface area (Å²) in [6.45, 7) is 1.19. The Labute approximate surface area is 120 Å². The highest BCUT2D eigenvalue weighted by Gasteiger charge is 2.41. The van der Waals surface area contributed by atoms with Crippen LogP contribution >= 0.6 is 11.6 Å². The van der Waals surface area contributed by atoms with Crippen LogP contribution in [0.4, 0.5) is 13.2 Å². The third-order valence-corrected chi connectivity index (χ3v) is 3.26. The van der Waals surface area contributed by atoms with Crippen LogP contribution in [0, 0.1) is 6.92 Å². The summed E-state index contributed by atoms with van der Waals surface area (Å²) in [7, 11) is 1.54. The second-order valence-electron chi connectivity index (χ2n) is 4.23. The van der Waals surface area contributed by atoms with Crippen molar-refractivity contribution in [3.8, 4) is 0 Å². The van der Waals surface area contributed by atoms with E-state index in [0.717, 1.165) is 0 Å². The molecular weight excluding hydrogens is 315 g/mol. The Balaban J connectivity index is 2.53. The Morgan fingerprint density at radius 1 is 1.43 bits per heavy atom. The fourth-order valence-electron chi connectivity index (χ4n) is 1.85. The van der Waals surface area contributed by atoms with E-state index in [2.05, 4.69) is 15.4 Å². The quantitative estimate of drug-likeness (QED) is 0.929. The van der Waals surface area contributed by atoms with Gasteiger partial charge in [-0.15, -0.1) is 5.10 Å². The number of aromatic nitrogens is 5. The molecule has 0 amide bonds. The van der Waals surface area contributed by atoms with E-state index in [1.807, 2.05) is 0 Å². The van der Waals surface area contributed by atoms with Gasteiger partial charge in [0, 0.05) is 12.6 Å². The molecule has 21 heavy (non-hydrogen) atoms. The van der Waals surface area contributed by atoms with Gasteiger partial charge in [0.2, 0.25) is 5.69 Å². The lowest BCUT2D eigenvalue weighted by atomic mass is 10.2. The molecule has 0 aliphatic carbocycles. The Morgan fingerprint density at radius 3 is 2.48 bits per heavy atom. The number of carbonyl (C=O) groups is 1.